The Morgan fingerprint density at radius 3 is 3.08 bits per heavy atom. The van der Waals surface area contributed by atoms with E-state index in [1.165, 1.54) is 0 Å². The molecule has 3 nitrogen and oxygen atoms in total. The maximum atomic E-state index is 11.2. The SMILES string of the molecule is O=C1CCCC(c2ccncn2)C1. The van der Waals surface area contributed by atoms with E-state index in [-0.39, 0.29) is 0 Å². The zero-order valence-electron chi connectivity index (χ0n) is 7.44. The summed E-state index contributed by atoms with van der Waals surface area (Å²) >= 11 is 0. The molecule has 68 valence electrons. The molecule has 1 aliphatic rings. The van der Waals surface area contributed by atoms with Gasteiger partial charge in [0.05, 0.1) is 0 Å². The van der Waals surface area contributed by atoms with Crippen molar-refractivity contribution >= 4 is 5.78 Å². The number of aromatic nitrogens is 2. The summed E-state index contributed by atoms with van der Waals surface area (Å²) in [5.41, 5.74) is 1.02. The fraction of sp³-hybridized carbons (Fsp3) is 0.500. The largest absolute Gasteiger partial charge is 0.300 e. The minimum Gasteiger partial charge on any atom is -0.300 e. The Labute approximate surface area is 77.2 Å². The van der Waals surface area contributed by atoms with Crippen molar-refractivity contribution in [1.29, 1.82) is 0 Å². The van der Waals surface area contributed by atoms with Crippen LogP contribution >= 0.6 is 0 Å². The van der Waals surface area contributed by atoms with Gasteiger partial charge in [0.25, 0.3) is 0 Å². The molecule has 13 heavy (non-hydrogen) atoms. The van der Waals surface area contributed by atoms with Crippen LogP contribution in [0.5, 0.6) is 0 Å². The quantitative estimate of drug-likeness (QED) is 0.654. The van der Waals surface area contributed by atoms with E-state index in [0.29, 0.717) is 18.1 Å². The average Bonchev–Trinajstić information content (AvgIpc) is 2.19. The van der Waals surface area contributed by atoms with Crippen LogP contribution in [0.3, 0.4) is 0 Å². The lowest BCUT2D eigenvalue weighted by Crippen LogP contribution is -2.14. The summed E-state index contributed by atoms with van der Waals surface area (Å²) in [6.45, 7) is 0. The summed E-state index contributed by atoms with van der Waals surface area (Å²) in [5.74, 6) is 0.708. The average molecular weight is 176 g/mol. The van der Waals surface area contributed by atoms with Crippen LogP contribution in [0.1, 0.15) is 37.3 Å². The molecular weight excluding hydrogens is 164 g/mol. The van der Waals surface area contributed by atoms with Crippen molar-refractivity contribution in [2.75, 3.05) is 0 Å². The number of Topliss-reactive ketones (excluding diaryl/α,β-unsaturated/α-hetero) is 1. The second-order valence-corrected chi connectivity index (χ2v) is 3.47. The molecule has 0 radical (unpaired) electrons. The highest BCUT2D eigenvalue weighted by molar-refractivity contribution is 5.79. The van der Waals surface area contributed by atoms with Crippen LogP contribution in [0.2, 0.25) is 0 Å². The smallest absolute Gasteiger partial charge is 0.133 e. The van der Waals surface area contributed by atoms with Crippen LogP contribution in [-0.2, 0) is 4.79 Å². The number of hydrogen-bond acceptors (Lipinski definition) is 3. The third kappa shape index (κ3) is 1.91. The molecule has 1 saturated carbocycles. The Kier molecular flexibility index (Phi) is 2.34. The highest BCUT2D eigenvalue weighted by Gasteiger charge is 2.21. The summed E-state index contributed by atoms with van der Waals surface area (Å²) in [6, 6.07) is 1.91. The first-order valence-electron chi connectivity index (χ1n) is 4.64. The number of carbonyl (C=O) groups is 1. The van der Waals surface area contributed by atoms with Crippen molar-refractivity contribution in [3.8, 4) is 0 Å². The van der Waals surface area contributed by atoms with Crippen molar-refractivity contribution in [2.45, 2.75) is 31.6 Å². The minimum absolute atomic E-state index is 0.337. The first-order chi connectivity index (χ1) is 6.36. The number of nitrogens with zero attached hydrogens (tertiary/aromatic N) is 2. The molecule has 1 aromatic rings. The fourth-order valence-corrected chi connectivity index (χ4v) is 1.82. The summed E-state index contributed by atoms with van der Waals surface area (Å²) in [7, 11) is 0. The van der Waals surface area contributed by atoms with Gasteiger partial charge < -0.3 is 0 Å². The zero-order valence-corrected chi connectivity index (χ0v) is 7.44. The number of carbonyl (C=O) groups excluding carboxylic acids is 1. The van der Waals surface area contributed by atoms with Gasteiger partial charge in [0.1, 0.15) is 12.1 Å². The van der Waals surface area contributed by atoms with E-state index >= 15 is 0 Å². The molecule has 3 heteroatoms. The molecule has 0 aliphatic heterocycles. The Morgan fingerprint density at radius 1 is 1.46 bits per heavy atom. The van der Waals surface area contributed by atoms with E-state index in [1.807, 2.05) is 6.07 Å². The maximum Gasteiger partial charge on any atom is 0.133 e. The highest BCUT2D eigenvalue weighted by Crippen LogP contribution is 2.28. The van der Waals surface area contributed by atoms with Gasteiger partial charge in [0.2, 0.25) is 0 Å². The van der Waals surface area contributed by atoms with Crippen LogP contribution in [0.15, 0.2) is 18.6 Å². The van der Waals surface area contributed by atoms with Gasteiger partial charge in [-0.15, -0.1) is 0 Å². The molecule has 0 spiro atoms. The van der Waals surface area contributed by atoms with E-state index in [1.54, 1.807) is 12.5 Å². The van der Waals surface area contributed by atoms with E-state index in [4.69, 9.17) is 0 Å². The van der Waals surface area contributed by atoms with E-state index in [9.17, 15) is 4.79 Å². The standard InChI is InChI=1S/C10H12N2O/c13-9-3-1-2-8(6-9)10-4-5-11-7-12-10/h4-5,7-8H,1-3,6H2. The van der Waals surface area contributed by atoms with Gasteiger partial charge in [-0.2, -0.15) is 0 Å². The van der Waals surface area contributed by atoms with Crippen molar-refractivity contribution in [1.82, 2.24) is 9.97 Å². The maximum absolute atomic E-state index is 11.2. The van der Waals surface area contributed by atoms with E-state index in [0.717, 1.165) is 25.0 Å². The Balaban J connectivity index is 2.13. The molecule has 0 aromatic carbocycles. The van der Waals surface area contributed by atoms with Crippen molar-refractivity contribution in [2.24, 2.45) is 0 Å². The Hall–Kier alpha value is -1.25. The van der Waals surface area contributed by atoms with Gasteiger partial charge in [0, 0.05) is 30.7 Å². The molecule has 0 N–H and O–H groups in total. The number of ketones is 1. The molecule has 1 aromatic heterocycles. The lowest BCUT2D eigenvalue weighted by molar-refractivity contribution is -0.120. The van der Waals surface area contributed by atoms with Crippen LogP contribution in [0.4, 0.5) is 0 Å². The van der Waals surface area contributed by atoms with E-state index in [2.05, 4.69) is 9.97 Å². The predicted molar refractivity (Wildman–Crippen MR) is 48.2 cm³/mol. The second kappa shape index (κ2) is 3.64. The highest BCUT2D eigenvalue weighted by atomic mass is 16.1. The molecule has 1 atom stereocenters. The van der Waals surface area contributed by atoms with Gasteiger partial charge in [-0.1, -0.05) is 0 Å². The summed E-state index contributed by atoms with van der Waals surface area (Å²) in [5, 5.41) is 0. The summed E-state index contributed by atoms with van der Waals surface area (Å²) < 4.78 is 0. The van der Waals surface area contributed by atoms with Crippen molar-refractivity contribution < 1.29 is 4.79 Å². The van der Waals surface area contributed by atoms with Crippen LogP contribution in [0, 0.1) is 0 Å². The van der Waals surface area contributed by atoms with Gasteiger partial charge in [0.15, 0.2) is 0 Å². The van der Waals surface area contributed by atoms with Gasteiger partial charge in [-0.05, 0) is 18.9 Å². The first-order valence-corrected chi connectivity index (χ1v) is 4.64. The predicted octanol–water partition coefficient (Wildman–Crippen LogP) is 1.70. The summed E-state index contributed by atoms with van der Waals surface area (Å²) in [4.78, 5) is 19.2. The molecule has 2 rings (SSSR count). The topological polar surface area (TPSA) is 42.9 Å². The first kappa shape index (κ1) is 8.35. The summed E-state index contributed by atoms with van der Waals surface area (Å²) in [6.07, 6.45) is 6.80. The lowest BCUT2D eigenvalue weighted by atomic mass is 9.86. The second-order valence-electron chi connectivity index (χ2n) is 3.47. The van der Waals surface area contributed by atoms with Gasteiger partial charge in [-0.3, -0.25) is 4.79 Å². The third-order valence-corrected chi connectivity index (χ3v) is 2.51. The minimum atomic E-state index is 0.337. The number of rotatable bonds is 1. The fourth-order valence-electron chi connectivity index (χ4n) is 1.82. The molecule has 0 amide bonds. The molecule has 1 heterocycles. The molecular formula is C10H12N2O. The molecule has 1 aliphatic carbocycles. The van der Waals surface area contributed by atoms with Gasteiger partial charge in [-0.25, -0.2) is 9.97 Å². The van der Waals surface area contributed by atoms with Crippen LogP contribution in [-0.4, -0.2) is 15.8 Å². The van der Waals surface area contributed by atoms with Crippen LogP contribution in [0.25, 0.3) is 0 Å². The van der Waals surface area contributed by atoms with Gasteiger partial charge >= 0.3 is 0 Å². The Morgan fingerprint density at radius 2 is 2.38 bits per heavy atom. The van der Waals surface area contributed by atoms with Crippen molar-refractivity contribution in [3.05, 3.63) is 24.3 Å². The molecule has 1 unspecified atom stereocenters. The monoisotopic (exact) mass is 176 g/mol. The molecule has 0 saturated heterocycles. The third-order valence-electron chi connectivity index (χ3n) is 2.51. The zero-order chi connectivity index (χ0) is 9.10. The number of hydrogen-bond donors (Lipinski definition) is 0. The normalized spacial score (nSPS) is 23.1. The van der Waals surface area contributed by atoms with Crippen molar-refractivity contribution in [3.63, 3.8) is 0 Å². The molecule has 1 fully saturated rings. The Bertz CT molecular complexity index is 297. The lowest BCUT2D eigenvalue weighted by Gasteiger charge is -2.19. The molecule has 0 bridgehead atoms. The van der Waals surface area contributed by atoms with E-state index < -0.39 is 0 Å². The van der Waals surface area contributed by atoms with Crippen LogP contribution < -0.4 is 0 Å².